The van der Waals surface area contributed by atoms with E-state index in [-0.39, 0.29) is 30.2 Å². The number of carbonyl (C=O) groups excluding carboxylic acids is 1. The molecule has 3 aromatic rings. The molecule has 0 bridgehead atoms. The van der Waals surface area contributed by atoms with E-state index in [2.05, 4.69) is 22.4 Å². The average molecular weight is 467 g/mol. The highest BCUT2D eigenvalue weighted by Crippen LogP contribution is 2.33. The minimum atomic E-state index is -0.301. The van der Waals surface area contributed by atoms with Gasteiger partial charge in [0.2, 0.25) is 0 Å². The molecule has 0 radical (unpaired) electrons. The van der Waals surface area contributed by atoms with E-state index >= 15 is 0 Å². The van der Waals surface area contributed by atoms with Crippen LogP contribution < -0.4 is 10.9 Å². The molecule has 1 amide bonds. The summed E-state index contributed by atoms with van der Waals surface area (Å²) >= 11 is 6.62. The van der Waals surface area contributed by atoms with E-state index in [4.69, 9.17) is 12.2 Å². The Labute approximate surface area is 194 Å². The van der Waals surface area contributed by atoms with Crippen molar-refractivity contribution in [2.75, 3.05) is 25.0 Å². The van der Waals surface area contributed by atoms with Crippen molar-refractivity contribution in [2.24, 2.45) is 0 Å². The van der Waals surface area contributed by atoms with Crippen molar-refractivity contribution in [1.82, 2.24) is 14.3 Å². The lowest BCUT2D eigenvalue weighted by Gasteiger charge is -2.14. The summed E-state index contributed by atoms with van der Waals surface area (Å²) in [6.45, 7) is 0.636. The Morgan fingerprint density at radius 3 is 2.69 bits per heavy atom. The van der Waals surface area contributed by atoms with Crippen LogP contribution in [0.15, 0.2) is 64.4 Å². The summed E-state index contributed by atoms with van der Waals surface area (Å²) in [6, 6.07) is 15.3. The molecule has 2 N–H and O–H groups in total. The summed E-state index contributed by atoms with van der Waals surface area (Å²) in [5.41, 5.74) is 1.64. The molecular formula is C23H22N4O3S2. The highest BCUT2D eigenvalue weighted by atomic mass is 32.2. The van der Waals surface area contributed by atoms with Crippen molar-refractivity contribution in [3.63, 3.8) is 0 Å². The van der Waals surface area contributed by atoms with Gasteiger partial charge < -0.3 is 10.4 Å². The largest absolute Gasteiger partial charge is 0.395 e. The third kappa shape index (κ3) is 4.74. The number of rotatable bonds is 8. The SMILES string of the molecule is O=C1/C(=C/c2c(NCCO)nc3ccccn3c2=O)SC(=S)N1CCCc1ccccc1. The summed E-state index contributed by atoms with van der Waals surface area (Å²) in [7, 11) is 0. The van der Waals surface area contributed by atoms with Gasteiger partial charge in [0.15, 0.2) is 0 Å². The lowest BCUT2D eigenvalue weighted by atomic mass is 10.1. The lowest BCUT2D eigenvalue weighted by molar-refractivity contribution is -0.122. The topological polar surface area (TPSA) is 86.9 Å². The smallest absolute Gasteiger partial charge is 0.267 e. The first-order valence-electron chi connectivity index (χ1n) is 10.2. The molecule has 0 atom stereocenters. The van der Waals surface area contributed by atoms with Crippen LogP contribution in [0.2, 0.25) is 0 Å². The fraction of sp³-hybridized carbons (Fsp3) is 0.217. The molecule has 0 saturated carbocycles. The Morgan fingerprint density at radius 1 is 1.12 bits per heavy atom. The van der Waals surface area contributed by atoms with Crippen molar-refractivity contribution < 1.29 is 9.90 Å². The number of pyridine rings is 1. The maximum Gasteiger partial charge on any atom is 0.267 e. The van der Waals surface area contributed by atoms with Crippen LogP contribution in [0.4, 0.5) is 5.82 Å². The number of hydrogen-bond donors (Lipinski definition) is 2. The molecule has 3 heterocycles. The van der Waals surface area contributed by atoms with E-state index in [1.165, 1.54) is 21.7 Å². The predicted molar refractivity (Wildman–Crippen MR) is 132 cm³/mol. The van der Waals surface area contributed by atoms with Gasteiger partial charge >= 0.3 is 0 Å². The Bertz CT molecular complexity index is 1240. The van der Waals surface area contributed by atoms with E-state index in [0.717, 1.165) is 12.8 Å². The first-order valence-corrected chi connectivity index (χ1v) is 11.5. The molecule has 1 aliphatic rings. The summed E-state index contributed by atoms with van der Waals surface area (Å²) < 4.78 is 1.91. The second-order valence-corrected chi connectivity index (χ2v) is 8.86. The molecule has 0 unspecified atom stereocenters. The normalized spacial score (nSPS) is 15.2. The molecule has 164 valence electrons. The number of aryl methyl sites for hydroxylation is 1. The molecule has 1 aliphatic heterocycles. The number of thioether (sulfide) groups is 1. The zero-order valence-corrected chi connectivity index (χ0v) is 18.9. The van der Waals surface area contributed by atoms with Crippen LogP contribution in [0.5, 0.6) is 0 Å². The fourth-order valence-electron chi connectivity index (χ4n) is 3.45. The Hall–Kier alpha value is -3.01. The lowest BCUT2D eigenvalue weighted by Crippen LogP contribution is -2.29. The first kappa shape index (κ1) is 22.2. The molecule has 2 aromatic heterocycles. The Morgan fingerprint density at radius 2 is 1.91 bits per heavy atom. The van der Waals surface area contributed by atoms with Gasteiger partial charge in [-0.3, -0.25) is 18.9 Å². The molecular weight excluding hydrogens is 444 g/mol. The van der Waals surface area contributed by atoms with Gasteiger partial charge in [-0.05, 0) is 36.6 Å². The highest BCUT2D eigenvalue weighted by Gasteiger charge is 2.32. The van der Waals surface area contributed by atoms with Gasteiger partial charge in [-0.15, -0.1) is 0 Å². The number of benzene rings is 1. The Kier molecular flexibility index (Phi) is 6.99. The first-order chi connectivity index (χ1) is 15.6. The van der Waals surface area contributed by atoms with Gasteiger partial charge in [-0.1, -0.05) is 60.4 Å². The standard InChI is InChI=1S/C23H22N4O3S2/c28-14-11-24-20-17(21(29)26-12-5-4-10-19(26)25-20)15-18-22(30)27(23(31)32-18)13-6-9-16-7-2-1-3-8-16/h1-5,7-8,10,12,15,24,28H,6,9,11,13-14H2/b18-15-. The van der Waals surface area contributed by atoms with Crippen LogP contribution in [0.3, 0.4) is 0 Å². The number of anilines is 1. The molecule has 0 aliphatic carbocycles. The average Bonchev–Trinajstić information content (AvgIpc) is 3.08. The number of hydrogen-bond acceptors (Lipinski definition) is 7. The second-order valence-electron chi connectivity index (χ2n) is 7.18. The summed E-state index contributed by atoms with van der Waals surface area (Å²) in [5.74, 6) is 0.114. The van der Waals surface area contributed by atoms with E-state index < -0.39 is 0 Å². The molecule has 32 heavy (non-hydrogen) atoms. The second kappa shape index (κ2) is 10.1. The quantitative estimate of drug-likeness (QED) is 0.390. The minimum absolute atomic E-state index is 0.112. The zero-order chi connectivity index (χ0) is 22.5. The van der Waals surface area contributed by atoms with Crippen LogP contribution in [0.1, 0.15) is 17.5 Å². The van der Waals surface area contributed by atoms with Crippen LogP contribution in [0, 0.1) is 0 Å². The van der Waals surface area contributed by atoms with Crippen molar-refractivity contribution >= 4 is 51.7 Å². The van der Waals surface area contributed by atoms with Crippen LogP contribution in [-0.4, -0.2) is 49.3 Å². The van der Waals surface area contributed by atoms with E-state index in [0.29, 0.717) is 27.2 Å². The van der Waals surface area contributed by atoms with Gasteiger partial charge in [-0.2, -0.15) is 0 Å². The molecule has 0 spiro atoms. The number of aliphatic hydroxyl groups excluding tert-OH is 1. The van der Waals surface area contributed by atoms with Gasteiger partial charge in [0.25, 0.3) is 11.5 Å². The molecule has 4 rings (SSSR count). The summed E-state index contributed by atoms with van der Waals surface area (Å²) in [4.78, 5) is 32.6. The van der Waals surface area contributed by atoms with E-state index in [9.17, 15) is 14.7 Å². The van der Waals surface area contributed by atoms with E-state index in [1.54, 1.807) is 35.4 Å². The van der Waals surface area contributed by atoms with Crippen molar-refractivity contribution in [3.05, 3.63) is 81.1 Å². The van der Waals surface area contributed by atoms with Gasteiger partial charge in [0.05, 0.1) is 17.1 Å². The Balaban J connectivity index is 1.59. The number of aliphatic hydroxyl groups is 1. The van der Waals surface area contributed by atoms with E-state index in [1.807, 2.05) is 18.2 Å². The number of thiocarbonyl (C=S) groups is 1. The number of nitrogens with zero attached hydrogens (tertiary/aromatic N) is 3. The molecule has 1 aromatic carbocycles. The predicted octanol–water partition coefficient (Wildman–Crippen LogP) is 2.93. The third-order valence-electron chi connectivity index (χ3n) is 5.01. The maximum absolute atomic E-state index is 13.1. The number of nitrogens with one attached hydrogen (secondary N) is 1. The molecule has 9 heteroatoms. The maximum atomic E-state index is 13.1. The van der Waals surface area contributed by atoms with Crippen LogP contribution in [-0.2, 0) is 11.2 Å². The molecule has 1 saturated heterocycles. The number of amides is 1. The minimum Gasteiger partial charge on any atom is -0.395 e. The number of fused-ring (bicyclic) bond motifs is 1. The molecule has 7 nitrogen and oxygen atoms in total. The van der Waals surface area contributed by atoms with Crippen molar-refractivity contribution in [3.8, 4) is 0 Å². The number of aromatic nitrogens is 2. The third-order valence-corrected chi connectivity index (χ3v) is 6.39. The monoisotopic (exact) mass is 466 g/mol. The van der Waals surface area contributed by atoms with Gasteiger partial charge in [0, 0.05) is 19.3 Å². The molecule has 1 fully saturated rings. The van der Waals surface area contributed by atoms with Crippen molar-refractivity contribution in [2.45, 2.75) is 12.8 Å². The number of carbonyl (C=O) groups is 1. The van der Waals surface area contributed by atoms with Gasteiger partial charge in [0.1, 0.15) is 15.8 Å². The highest BCUT2D eigenvalue weighted by molar-refractivity contribution is 8.26. The summed E-state index contributed by atoms with van der Waals surface area (Å²) in [5, 5.41) is 12.2. The summed E-state index contributed by atoms with van der Waals surface area (Å²) in [6.07, 6.45) is 4.81. The van der Waals surface area contributed by atoms with Crippen molar-refractivity contribution in [1.29, 1.82) is 0 Å². The fourth-order valence-corrected chi connectivity index (χ4v) is 4.74. The van der Waals surface area contributed by atoms with Crippen LogP contribution >= 0.6 is 24.0 Å². The zero-order valence-electron chi connectivity index (χ0n) is 17.2. The van der Waals surface area contributed by atoms with Crippen LogP contribution in [0.25, 0.3) is 11.7 Å². The van der Waals surface area contributed by atoms with Gasteiger partial charge in [-0.25, -0.2) is 4.98 Å².